The van der Waals surface area contributed by atoms with Crippen LogP contribution in [0.25, 0.3) is 32.9 Å². The number of amides is 1. The molecule has 3 aromatic heterocycles. The Labute approximate surface area is 224 Å². The van der Waals surface area contributed by atoms with Crippen LogP contribution in [0.15, 0.2) is 65.1 Å². The van der Waals surface area contributed by atoms with E-state index in [1.54, 1.807) is 40.9 Å². The van der Waals surface area contributed by atoms with E-state index in [9.17, 15) is 4.79 Å². The van der Waals surface area contributed by atoms with E-state index < -0.39 is 5.91 Å². The molecule has 0 fully saturated rings. The molecule has 36 heavy (non-hydrogen) atoms. The van der Waals surface area contributed by atoms with E-state index in [0.717, 1.165) is 16.1 Å². The van der Waals surface area contributed by atoms with Crippen molar-refractivity contribution >= 4 is 74.5 Å². The number of anilines is 1. The van der Waals surface area contributed by atoms with E-state index in [1.165, 1.54) is 17.4 Å². The Morgan fingerprint density at radius 2 is 1.89 bits per heavy atom. The lowest BCUT2D eigenvalue weighted by atomic mass is 10.2. The number of halogens is 2. The van der Waals surface area contributed by atoms with Crippen LogP contribution < -0.4 is 10.6 Å². The number of para-hydroxylation sites is 1. The molecule has 5 aromatic rings. The maximum atomic E-state index is 12.4. The quantitative estimate of drug-likeness (QED) is 0.195. The number of thiocarbonyl (C=S) groups is 1. The normalized spacial score (nSPS) is 11.3. The minimum Gasteiger partial charge on any atom is -0.457 e. The molecule has 0 bridgehead atoms. The summed E-state index contributed by atoms with van der Waals surface area (Å²) in [6, 6.07) is 16.2. The number of fused-ring (bicyclic) bond motifs is 1. The van der Waals surface area contributed by atoms with Crippen LogP contribution >= 0.6 is 46.8 Å². The van der Waals surface area contributed by atoms with Gasteiger partial charge in [-0.05, 0) is 67.7 Å². The number of carbonyl (C=O) groups is 1. The summed E-state index contributed by atoms with van der Waals surface area (Å²) in [5, 5.41) is 20.3. The topological polar surface area (TPSA) is 97.3 Å². The average molecular weight is 555 g/mol. The second-order valence-electron chi connectivity index (χ2n) is 7.53. The fraction of sp³-hybridized carbons (Fsp3) is 0.0417. The summed E-state index contributed by atoms with van der Waals surface area (Å²) in [5.41, 5.74) is 2.26. The highest BCUT2D eigenvalue weighted by Crippen LogP contribution is 2.31. The predicted octanol–water partition coefficient (Wildman–Crippen LogP) is 6.25. The Morgan fingerprint density at radius 1 is 1.11 bits per heavy atom. The monoisotopic (exact) mass is 554 g/mol. The molecule has 0 unspecified atom stereocenters. The van der Waals surface area contributed by atoms with Crippen molar-refractivity contribution in [1.82, 2.24) is 25.1 Å². The maximum absolute atomic E-state index is 12.4. The van der Waals surface area contributed by atoms with Crippen molar-refractivity contribution in [3.8, 4) is 21.9 Å². The van der Waals surface area contributed by atoms with Gasteiger partial charge in [-0.2, -0.15) is 9.61 Å². The molecular formula is C24H16Cl2N6O2S2. The Hall–Kier alpha value is -3.57. The molecule has 2 N–H and O–H groups in total. The van der Waals surface area contributed by atoms with Crippen molar-refractivity contribution in [3.63, 3.8) is 0 Å². The molecule has 180 valence electrons. The van der Waals surface area contributed by atoms with Gasteiger partial charge in [0.1, 0.15) is 16.5 Å². The van der Waals surface area contributed by atoms with Gasteiger partial charge < -0.3 is 9.73 Å². The molecule has 5 rings (SSSR count). The van der Waals surface area contributed by atoms with Crippen molar-refractivity contribution in [2.24, 2.45) is 0 Å². The van der Waals surface area contributed by atoms with Crippen LogP contribution in [0.1, 0.15) is 11.6 Å². The minimum atomic E-state index is -0.414. The van der Waals surface area contributed by atoms with E-state index in [-0.39, 0.29) is 5.11 Å². The third kappa shape index (κ3) is 5.31. The second-order valence-corrected chi connectivity index (χ2v) is 9.77. The number of hydrogen-bond acceptors (Lipinski definition) is 7. The first-order valence-corrected chi connectivity index (χ1v) is 12.5. The van der Waals surface area contributed by atoms with Gasteiger partial charge in [0.25, 0.3) is 0 Å². The fourth-order valence-corrected chi connectivity index (χ4v) is 5.02. The summed E-state index contributed by atoms with van der Waals surface area (Å²) >= 11 is 18.9. The Morgan fingerprint density at radius 3 is 2.67 bits per heavy atom. The average Bonchev–Trinajstić information content (AvgIpc) is 3.55. The van der Waals surface area contributed by atoms with Crippen molar-refractivity contribution in [1.29, 1.82) is 0 Å². The lowest BCUT2D eigenvalue weighted by molar-refractivity contribution is -0.115. The molecule has 0 aliphatic rings. The number of aryl methyl sites for hydroxylation is 1. The molecule has 0 spiro atoms. The Balaban J connectivity index is 1.24. The van der Waals surface area contributed by atoms with E-state index in [1.807, 2.05) is 31.2 Å². The fourth-order valence-electron chi connectivity index (χ4n) is 3.36. The number of rotatable bonds is 5. The van der Waals surface area contributed by atoms with Crippen LogP contribution in [0.4, 0.5) is 5.69 Å². The van der Waals surface area contributed by atoms with Crippen molar-refractivity contribution in [2.75, 3.05) is 5.32 Å². The Kier molecular flexibility index (Phi) is 6.84. The summed E-state index contributed by atoms with van der Waals surface area (Å²) in [6.07, 6.45) is 2.88. The molecular weight excluding hydrogens is 539 g/mol. The highest BCUT2D eigenvalue weighted by Gasteiger charge is 2.14. The Bertz CT molecular complexity index is 1620. The number of hydrogen-bond donors (Lipinski definition) is 2. The number of carbonyl (C=O) groups excluding carboxylic acids is 1. The predicted molar refractivity (Wildman–Crippen MR) is 146 cm³/mol. The van der Waals surface area contributed by atoms with Crippen LogP contribution in [0.3, 0.4) is 0 Å². The summed E-state index contributed by atoms with van der Waals surface area (Å²) in [4.78, 5) is 13.1. The van der Waals surface area contributed by atoms with E-state index in [4.69, 9.17) is 39.8 Å². The number of aromatic nitrogens is 4. The molecule has 8 nitrogen and oxygen atoms in total. The molecule has 0 saturated carbocycles. The highest BCUT2D eigenvalue weighted by molar-refractivity contribution is 7.80. The summed E-state index contributed by atoms with van der Waals surface area (Å²) < 4.78 is 7.46. The van der Waals surface area contributed by atoms with E-state index in [2.05, 4.69) is 25.9 Å². The van der Waals surface area contributed by atoms with Crippen molar-refractivity contribution in [3.05, 3.63) is 82.3 Å². The first-order chi connectivity index (χ1) is 17.4. The zero-order chi connectivity index (χ0) is 25.2. The van der Waals surface area contributed by atoms with Crippen LogP contribution in [0.5, 0.6) is 0 Å². The lowest BCUT2D eigenvalue weighted by Crippen LogP contribution is -2.32. The number of nitrogens with one attached hydrogen (secondary N) is 2. The van der Waals surface area contributed by atoms with Crippen LogP contribution in [0.2, 0.25) is 10.0 Å². The zero-order valence-corrected chi connectivity index (χ0v) is 21.7. The maximum Gasteiger partial charge on any atom is 0.250 e. The summed E-state index contributed by atoms with van der Waals surface area (Å²) in [7, 11) is 0. The van der Waals surface area contributed by atoms with Gasteiger partial charge >= 0.3 is 0 Å². The smallest absolute Gasteiger partial charge is 0.250 e. The minimum absolute atomic E-state index is 0.144. The van der Waals surface area contributed by atoms with Crippen LogP contribution in [0, 0.1) is 6.92 Å². The highest BCUT2D eigenvalue weighted by atomic mass is 35.5. The standard InChI is InChI=1S/C24H16Cl2N6O2S2/c1-13-29-30-24-32(13)31-22(36-24)18-4-2-3-5-19(18)27-23(35)28-21(33)9-7-17-6-8-20(34-17)14-10-15(25)12-16(26)11-14/h2-12H,1H3,(H2,27,28,33,35)/b9-7+. The van der Waals surface area contributed by atoms with Crippen molar-refractivity contribution in [2.45, 2.75) is 6.92 Å². The molecule has 1 amide bonds. The molecule has 2 aromatic carbocycles. The largest absolute Gasteiger partial charge is 0.457 e. The second kappa shape index (κ2) is 10.2. The molecule has 0 saturated heterocycles. The van der Waals surface area contributed by atoms with Gasteiger partial charge in [-0.15, -0.1) is 10.2 Å². The zero-order valence-electron chi connectivity index (χ0n) is 18.5. The first kappa shape index (κ1) is 24.1. The summed E-state index contributed by atoms with van der Waals surface area (Å²) in [6.45, 7) is 1.84. The van der Waals surface area contributed by atoms with Gasteiger partial charge in [-0.3, -0.25) is 10.1 Å². The van der Waals surface area contributed by atoms with Crippen LogP contribution in [-0.4, -0.2) is 30.8 Å². The number of benzene rings is 2. The van der Waals surface area contributed by atoms with Crippen molar-refractivity contribution < 1.29 is 9.21 Å². The van der Waals surface area contributed by atoms with Gasteiger partial charge in [0, 0.05) is 27.2 Å². The number of furan rings is 1. The SMILES string of the molecule is Cc1nnc2sc(-c3ccccc3NC(=S)NC(=O)/C=C/c3ccc(-c4cc(Cl)cc(Cl)c4)o3)nn12. The molecule has 0 radical (unpaired) electrons. The molecule has 0 aliphatic carbocycles. The van der Waals surface area contributed by atoms with Gasteiger partial charge in [0.15, 0.2) is 10.9 Å². The van der Waals surface area contributed by atoms with E-state index in [0.29, 0.717) is 38.0 Å². The van der Waals surface area contributed by atoms with Gasteiger partial charge in [-0.25, -0.2) is 0 Å². The molecule has 3 heterocycles. The third-order valence-corrected chi connectivity index (χ3v) is 6.53. The van der Waals surface area contributed by atoms with Gasteiger partial charge in [0.05, 0.1) is 5.69 Å². The third-order valence-electron chi connectivity index (χ3n) is 4.96. The van der Waals surface area contributed by atoms with E-state index >= 15 is 0 Å². The number of nitrogens with zero attached hydrogens (tertiary/aromatic N) is 4. The first-order valence-electron chi connectivity index (χ1n) is 10.5. The van der Waals surface area contributed by atoms with Gasteiger partial charge in [0.2, 0.25) is 10.9 Å². The molecule has 0 aliphatic heterocycles. The lowest BCUT2D eigenvalue weighted by Gasteiger charge is -2.11. The van der Waals surface area contributed by atoms with Gasteiger partial charge in [-0.1, -0.05) is 46.7 Å². The summed E-state index contributed by atoms with van der Waals surface area (Å²) in [5.74, 6) is 1.35. The molecule has 12 heteroatoms. The van der Waals surface area contributed by atoms with Crippen LogP contribution in [-0.2, 0) is 4.79 Å². The molecule has 0 atom stereocenters.